The van der Waals surface area contributed by atoms with Crippen molar-refractivity contribution in [1.82, 2.24) is 5.32 Å². The molecule has 1 aliphatic rings. The minimum Gasteiger partial charge on any atom is -0.359 e. The quantitative estimate of drug-likeness (QED) is 0.807. The predicted molar refractivity (Wildman–Crippen MR) is 68.7 cm³/mol. The van der Waals surface area contributed by atoms with E-state index in [0.717, 1.165) is 6.42 Å². The SMILES string of the molecule is CNC(=O)C(CN)Cc1ccccc1C1CC1. The van der Waals surface area contributed by atoms with E-state index >= 15 is 0 Å². The number of hydrogen-bond donors (Lipinski definition) is 2. The summed E-state index contributed by atoms with van der Waals surface area (Å²) in [5, 5.41) is 2.68. The molecule has 3 heteroatoms. The highest BCUT2D eigenvalue weighted by Gasteiger charge is 2.27. The normalized spacial score (nSPS) is 16.6. The first kappa shape index (κ1) is 12.1. The molecule has 0 aliphatic heterocycles. The van der Waals surface area contributed by atoms with Gasteiger partial charge in [-0.1, -0.05) is 24.3 Å². The standard InChI is InChI=1S/C14H20N2O/c1-16-14(17)12(9-15)8-11-4-2-3-5-13(11)10-6-7-10/h2-5,10,12H,6-9,15H2,1H3,(H,16,17). The second-order valence-corrected chi connectivity index (χ2v) is 4.72. The van der Waals surface area contributed by atoms with Crippen LogP contribution in [-0.2, 0) is 11.2 Å². The van der Waals surface area contributed by atoms with E-state index < -0.39 is 0 Å². The average Bonchev–Trinajstić information content (AvgIpc) is 3.19. The summed E-state index contributed by atoms with van der Waals surface area (Å²) in [6, 6.07) is 8.43. The summed E-state index contributed by atoms with van der Waals surface area (Å²) in [6.07, 6.45) is 3.32. The van der Waals surface area contributed by atoms with E-state index in [-0.39, 0.29) is 11.8 Å². The zero-order valence-electron chi connectivity index (χ0n) is 10.3. The molecule has 1 aromatic rings. The summed E-state index contributed by atoms with van der Waals surface area (Å²) in [7, 11) is 1.66. The molecular formula is C14H20N2O. The molecule has 17 heavy (non-hydrogen) atoms. The Kier molecular flexibility index (Phi) is 3.79. The molecule has 0 heterocycles. The molecule has 1 amide bonds. The summed E-state index contributed by atoms with van der Waals surface area (Å²) in [6.45, 7) is 0.401. The fourth-order valence-electron chi connectivity index (χ4n) is 2.27. The topological polar surface area (TPSA) is 55.1 Å². The van der Waals surface area contributed by atoms with Gasteiger partial charge in [-0.3, -0.25) is 4.79 Å². The Hall–Kier alpha value is -1.35. The maximum absolute atomic E-state index is 11.7. The van der Waals surface area contributed by atoms with Crippen molar-refractivity contribution in [3.8, 4) is 0 Å². The van der Waals surface area contributed by atoms with Crippen LogP contribution < -0.4 is 11.1 Å². The molecule has 0 bridgehead atoms. The van der Waals surface area contributed by atoms with Gasteiger partial charge in [0.2, 0.25) is 5.91 Å². The van der Waals surface area contributed by atoms with Crippen molar-refractivity contribution in [3.05, 3.63) is 35.4 Å². The molecule has 1 fully saturated rings. The Labute approximate surface area is 102 Å². The second-order valence-electron chi connectivity index (χ2n) is 4.72. The van der Waals surface area contributed by atoms with Crippen LogP contribution in [0.4, 0.5) is 0 Å². The van der Waals surface area contributed by atoms with Crippen LogP contribution >= 0.6 is 0 Å². The first-order valence-corrected chi connectivity index (χ1v) is 6.25. The number of nitrogens with one attached hydrogen (secondary N) is 1. The van der Waals surface area contributed by atoms with Crippen LogP contribution in [0.25, 0.3) is 0 Å². The van der Waals surface area contributed by atoms with Gasteiger partial charge in [0.1, 0.15) is 0 Å². The van der Waals surface area contributed by atoms with Crippen molar-refractivity contribution in [2.24, 2.45) is 11.7 Å². The summed E-state index contributed by atoms with van der Waals surface area (Å²) < 4.78 is 0. The second kappa shape index (κ2) is 5.32. The van der Waals surface area contributed by atoms with Gasteiger partial charge in [0.25, 0.3) is 0 Å². The van der Waals surface area contributed by atoms with Crippen molar-refractivity contribution in [3.63, 3.8) is 0 Å². The molecule has 3 nitrogen and oxygen atoms in total. The van der Waals surface area contributed by atoms with E-state index in [1.54, 1.807) is 7.05 Å². The van der Waals surface area contributed by atoms with Gasteiger partial charge in [-0.15, -0.1) is 0 Å². The van der Waals surface area contributed by atoms with Crippen LogP contribution in [0.1, 0.15) is 29.9 Å². The third-order valence-corrected chi connectivity index (χ3v) is 3.44. The molecule has 1 atom stereocenters. The first-order valence-electron chi connectivity index (χ1n) is 6.25. The van der Waals surface area contributed by atoms with Crippen molar-refractivity contribution in [2.75, 3.05) is 13.6 Å². The number of hydrogen-bond acceptors (Lipinski definition) is 2. The molecule has 0 spiro atoms. The van der Waals surface area contributed by atoms with E-state index in [1.807, 2.05) is 6.07 Å². The fraction of sp³-hybridized carbons (Fsp3) is 0.500. The van der Waals surface area contributed by atoms with Crippen LogP contribution in [0.5, 0.6) is 0 Å². The van der Waals surface area contributed by atoms with Crippen molar-refractivity contribution < 1.29 is 4.79 Å². The third kappa shape index (κ3) is 2.86. The summed E-state index contributed by atoms with van der Waals surface area (Å²) >= 11 is 0. The fourth-order valence-corrected chi connectivity index (χ4v) is 2.27. The lowest BCUT2D eigenvalue weighted by Gasteiger charge is -2.15. The highest BCUT2D eigenvalue weighted by molar-refractivity contribution is 5.78. The van der Waals surface area contributed by atoms with Crippen LogP contribution in [0.15, 0.2) is 24.3 Å². The molecule has 1 aliphatic carbocycles. The maximum Gasteiger partial charge on any atom is 0.224 e. The lowest BCUT2D eigenvalue weighted by molar-refractivity contribution is -0.124. The molecule has 0 radical (unpaired) electrons. The number of benzene rings is 1. The van der Waals surface area contributed by atoms with E-state index in [4.69, 9.17) is 5.73 Å². The van der Waals surface area contributed by atoms with E-state index in [0.29, 0.717) is 12.5 Å². The largest absolute Gasteiger partial charge is 0.359 e. The Bertz CT molecular complexity index is 399. The number of carbonyl (C=O) groups excluding carboxylic acids is 1. The minimum absolute atomic E-state index is 0.0399. The lowest BCUT2D eigenvalue weighted by atomic mass is 9.93. The minimum atomic E-state index is -0.111. The van der Waals surface area contributed by atoms with Gasteiger partial charge < -0.3 is 11.1 Å². The maximum atomic E-state index is 11.7. The summed E-state index contributed by atoms with van der Waals surface area (Å²) in [5.41, 5.74) is 8.38. The van der Waals surface area contributed by atoms with Crippen LogP contribution in [0.2, 0.25) is 0 Å². The molecule has 0 aromatic heterocycles. The zero-order chi connectivity index (χ0) is 12.3. The van der Waals surface area contributed by atoms with Crippen LogP contribution in [0.3, 0.4) is 0 Å². The van der Waals surface area contributed by atoms with E-state index in [1.165, 1.54) is 24.0 Å². The average molecular weight is 232 g/mol. The monoisotopic (exact) mass is 232 g/mol. The molecule has 92 valence electrons. The Morgan fingerprint density at radius 1 is 1.47 bits per heavy atom. The van der Waals surface area contributed by atoms with Crippen LogP contribution in [-0.4, -0.2) is 19.5 Å². The van der Waals surface area contributed by atoms with Crippen molar-refractivity contribution in [2.45, 2.75) is 25.2 Å². The molecule has 1 unspecified atom stereocenters. The highest BCUT2D eigenvalue weighted by atomic mass is 16.1. The number of nitrogens with two attached hydrogens (primary N) is 1. The lowest BCUT2D eigenvalue weighted by Crippen LogP contribution is -2.34. The van der Waals surface area contributed by atoms with Crippen LogP contribution in [0, 0.1) is 5.92 Å². The Morgan fingerprint density at radius 2 is 2.18 bits per heavy atom. The zero-order valence-corrected chi connectivity index (χ0v) is 10.3. The molecule has 0 saturated heterocycles. The molecule has 1 aromatic carbocycles. The summed E-state index contributed by atoms with van der Waals surface area (Å²) in [5.74, 6) is 0.646. The number of rotatable bonds is 5. The van der Waals surface area contributed by atoms with Gasteiger partial charge in [-0.2, -0.15) is 0 Å². The number of amides is 1. The van der Waals surface area contributed by atoms with Gasteiger partial charge in [0, 0.05) is 13.6 Å². The first-order chi connectivity index (χ1) is 8.26. The van der Waals surface area contributed by atoms with Gasteiger partial charge >= 0.3 is 0 Å². The molecular weight excluding hydrogens is 212 g/mol. The third-order valence-electron chi connectivity index (χ3n) is 3.44. The molecule has 3 N–H and O–H groups in total. The summed E-state index contributed by atoms with van der Waals surface area (Å²) in [4.78, 5) is 11.7. The Morgan fingerprint density at radius 3 is 2.76 bits per heavy atom. The van der Waals surface area contributed by atoms with Gasteiger partial charge in [0.15, 0.2) is 0 Å². The van der Waals surface area contributed by atoms with E-state index in [2.05, 4.69) is 23.5 Å². The predicted octanol–water partition coefficient (Wildman–Crippen LogP) is 1.43. The van der Waals surface area contributed by atoms with Crippen molar-refractivity contribution >= 4 is 5.91 Å². The number of carbonyl (C=O) groups is 1. The van der Waals surface area contributed by atoms with Crippen molar-refractivity contribution in [1.29, 1.82) is 0 Å². The van der Waals surface area contributed by atoms with Gasteiger partial charge in [-0.05, 0) is 36.3 Å². The van der Waals surface area contributed by atoms with E-state index in [9.17, 15) is 4.79 Å². The highest BCUT2D eigenvalue weighted by Crippen LogP contribution is 2.41. The smallest absolute Gasteiger partial charge is 0.224 e. The Balaban J connectivity index is 2.13. The molecule has 1 saturated carbocycles. The molecule has 2 rings (SSSR count). The van der Waals surface area contributed by atoms with Gasteiger partial charge in [0.05, 0.1) is 5.92 Å². The van der Waals surface area contributed by atoms with Gasteiger partial charge in [-0.25, -0.2) is 0 Å².